The van der Waals surface area contributed by atoms with Gasteiger partial charge in [-0.1, -0.05) is 37.3 Å². The Bertz CT molecular complexity index is 794. The Hall–Kier alpha value is -2.76. The third-order valence-electron chi connectivity index (χ3n) is 3.73. The molecule has 0 aromatic heterocycles. The largest absolute Gasteiger partial charge is 0.488 e. The molecule has 140 valence electrons. The van der Waals surface area contributed by atoms with Crippen molar-refractivity contribution in [2.24, 2.45) is 0 Å². The van der Waals surface area contributed by atoms with Gasteiger partial charge in [-0.3, -0.25) is 0 Å². The van der Waals surface area contributed by atoms with Gasteiger partial charge < -0.3 is 19.9 Å². The van der Waals surface area contributed by atoms with Crippen molar-refractivity contribution in [3.8, 4) is 5.75 Å². The van der Waals surface area contributed by atoms with Gasteiger partial charge in [0.2, 0.25) is 0 Å². The second-order valence-corrected chi connectivity index (χ2v) is 7.00. The van der Waals surface area contributed by atoms with Crippen LogP contribution in [-0.2, 0) is 4.74 Å². The van der Waals surface area contributed by atoms with Crippen molar-refractivity contribution in [2.75, 3.05) is 6.54 Å². The highest BCUT2D eigenvalue weighted by molar-refractivity contribution is 6.06. The zero-order valence-corrected chi connectivity index (χ0v) is 15.5. The first-order valence-electron chi connectivity index (χ1n) is 8.60. The molecule has 2 aromatic rings. The van der Waals surface area contributed by atoms with E-state index in [0.717, 1.165) is 5.39 Å². The van der Waals surface area contributed by atoms with E-state index in [4.69, 9.17) is 9.47 Å². The topological polar surface area (TPSA) is 84.9 Å². The SMILES string of the molecule is CC[C@H](CNC(=O)OC(C)(C)C)Oc1ccc2ccccc2c1C(=O)O. The molecular weight excluding hydrogens is 334 g/mol. The Kier molecular flexibility index (Phi) is 6.08. The molecular formula is C20H25NO5. The average Bonchev–Trinajstić information content (AvgIpc) is 2.56. The van der Waals surface area contributed by atoms with E-state index in [1.54, 1.807) is 39.0 Å². The Morgan fingerprint density at radius 1 is 1.15 bits per heavy atom. The van der Waals surface area contributed by atoms with Gasteiger partial charge in [0.1, 0.15) is 23.0 Å². The van der Waals surface area contributed by atoms with Crippen LogP contribution in [0.2, 0.25) is 0 Å². The standard InChI is InChI=1S/C20H25NO5/c1-5-14(12-21-19(24)26-20(2,3)4)25-16-11-10-13-8-6-7-9-15(13)17(16)18(22)23/h6-11,14H,5,12H2,1-4H3,(H,21,24)(H,22,23)/t14-/m1/s1. The summed E-state index contributed by atoms with van der Waals surface area (Å²) in [6.07, 6.45) is -0.305. The highest BCUT2D eigenvalue weighted by atomic mass is 16.6. The minimum atomic E-state index is -1.05. The fourth-order valence-corrected chi connectivity index (χ4v) is 2.53. The second kappa shape index (κ2) is 8.08. The lowest BCUT2D eigenvalue weighted by Crippen LogP contribution is -2.38. The molecule has 0 aliphatic rings. The van der Waals surface area contributed by atoms with Crippen LogP contribution in [0.25, 0.3) is 10.8 Å². The van der Waals surface area contributed by atoms with Crippen LogP contribution < -0.4 is 10.1 Å². The molecule has 6 heteroatoms. The Labute approximate surface area is 153 Å². The molecule has 0 saturated carbocycles. The molecule has 0 radical (unpaired) electrons. The number of hydrogen-bond acceptors (Lipinski definition) is 4. The number of alkyl carbamates (subject to hydrolysis) is 1. The Balaban J connectivity index is 2.16. The van der Waals surface area contributed by atoms with Crippen molar-refractivity contribution in [2.45, 2.75) is 45.8 Å². The number of fused-ring (bicyclic) bond motifs is 1. The predicted octanol–water partition coefficient (Wildman–Crippen LogP) is 4.22. The van der Waals surface area contributed by atoms with Gasteiger partial charge in [0.05, 0.1) is 6.54 Å². The van der Waals surface area contributed by atoms with Crippen molar-refractivity contribution in [1.82, 2.24) is 5.32 Å². The molecule has 2 aromatic carbocycles. The van der Waals surface area contributed by atoms with Gasteiger partial charge >= 0.3 is 12.1 Å². The zero-order valence-electron chi connectivity index (χ0n) is 15.5. The van der Waals surface area contributed by atoms with Crippen LogP contribution in [0.3, 0.4) is 0 Å². The molecule has 0 aliphatic carbocycles. The molecule has 0 heterocycles. The Morgan fingerprint density at radius 3 is 2.46 bits per heavy atom. The number of hydrogen-bond donors (Lipinski definition) is 2. The highest BCUT2D eigenvalue weighted by Gasteiger charge is 2.20. The van der Waals surface area contributed by atoms with Gasteiger partial charge in [-0.2, -0.15) is 0 Å². The third-order valence-corrected chi connectivity index (χ3v) is 3.73. The number of rotatable bonds is 6. The number of carboxylic acids is 1. The van der Waals surface area contributed by atoms with Crippen molar-refractivity contribution < 1.29 is 24.2 Å². The van der Waals surface area contributed by atoms with Crippen molar-refractivity contribution in [3.05, 3.63) is 42.0 Å². The van der Waals surface area contributed by atoms with Gasteiger partial charge in [0.25, 0.3) is 0 Å². The number of carboxylic acid groups (broad SMARTS) is 1. The van der Waals surface area contributed by atoms with Crippen LogP contribution in [0.15, 0.2) is 36.4 Å². The number of nitrogens with one attached hydrogen (secondary N) is 1. The van der Waals surface area contributed by atoms with Crippen molar-refractivity contribution >= 4 is 22.8 Å². The summed E-state index contributed by atoms with van der Waals surface area (Å²) < 4.78 is 11.1. The number of aromatic carboxylic acids is 1. The molecule has 2 N–H and O–H groups in total. The highest BCUT2D eigenvalue weighted by Crippen LogP contribution is 2.29. The van der Waals surface area contributed by atoms with E-state index in [-0.39, 0.29) is 24.0 Å². The smallest absolute Gasteiger partial charge is 0.407 e. The molecule has 1 atom stereocenters. The minimum Gasteiger partial charge on any atom is -0.488 e. The normalized spacial score (nSPS) is 12.5. The minimum absolute atomic E-state index is 0.124. The zero-order chi connectivity index (χ0) is 19.3. The summed E-state index contributed by atoms with van der Waals surface area (Å²) in [5, 5.41) is 13.7. The molecule has 0 spiro atoms. The van der Waals surface area contributed by atoms with Crippen molar-refractivity contribution in [3.63, 3.8) is 0 Å². The van der Waals surface area contributed by atoms with E-state index in [1.807, 2.05) is 25.1 Å². The number of carbonyl (C=O) groups is 2. The third kappa shape index (κ3) is 5.12. The first-order chi connectivity index (χ1) is 12.2. The summed E-state index contributed by atoms with van der Waals surface area (Å²) in [7, 11) is 0. The van der Waals surface area contributed by atoms with Gasteiger partial charge in [-0.25, -0.2) is 9.59 Å². The number of carbonyl (C=O) groups excluding carboxylic acids is 1. The summed E-state index contributed by atoms with van der Waals surface area (Å²) >= 11 is 0. The quantitative estimate of drug-likeness (QED) is 0.806. The summed E-state index contributed by atoms with van der Waals surface area (Å²) in [5.74, 6) is -0.763. The van der Waals surface area contributed by atoms with E-state index in [2.05, 4.69) is 5.32 Å². The number of amides is 1. The number of ether oxygens (including phenoxy) is 2. The molecule has 0 fully saturated rings. The summed E-state index contributed by atoms with van der Waals surface area (Å²) in [6, 6.07) is 10.7. The van der Waals surface area contributed by atoms with E-state index in [1.165, 1.54) is 0 Å². The lowest BCUT2D eigenvalue weighted by molar-refractivity contribution is 0.0496. The van der Waals surface area contributed by atoms with Gasteiger partial charge in [-0.05, 0) is 44.0 Å². The van der Waals surface area contributed by atoms with Crippen LogP contribution in [-0.4, -0.2) is 35.4 Å². The molecule has 26 heavy (non-hydrogen) atoms. The van der Waals surface area contributed by atoms with Crippen LogP contribution >= 0.6 is 0 Å². The molecule has 2 rings (SSSR count). The molecule has 1 amide bonds. The van der Waals surface area contributed by atoms with Crippen LogP contribution in [0.1, 0.15) is 44.5 Å². The summed E-state index contributed by atoms with van der Waals surface area (Å²) in [6.45, 7) is 7.48. The maximum atomic E-state index is 11.8. The molecule has 0 bridgehead atoms. The maximum Gasteiger partial charge on any atom is 0.407 e. The van der Waals surface area contributed by atoms with Gasteiger partial charge in [0.15, 0.2) is 0 Å². The number of benzene rings is 2. The van der Waals surface area contributed by atoms with E-state index >= 15 is 0 Å². The molecule has 0 aliphatic heterocycles. The molecule has 0 unspecified atom stereocenters. The average molecular weight is 359 g/mol. The Morgan fingerprint density at radius 2 is 1.85 bits per heavy atom. The lowest BCUT2D eigenvalue weighted by atomic mass is 10.0. The maximum absolute atomic E-state index is 11.8. The first-order valence-corrected chi connectivity index (χ1v) is 8.60. The second-order valence-electron chi connectivity index (χ2n) is 7.00. The van der Waals surface area contributed by atoms with E-state index in [0.29, 0.717) is 11.8 Å². The first kappa shape index (κ1) is 19.6. The van der Waals surface area contributed by atoms with Crippen molar-refractivity contribution in [1.29, 1.82) is 0 Å². The molecule has 0 saturated heterocycles. The fourth-order valence-electron chi connectivity index (χ4n) is 2.53. The molecule has 6 nitrogen and oxygen atoms in total. The fraction of sp³-hybridized carbons (Fsp3) is 0.400. The monoisotopic (exact) mass is 359 g/mol. The summed E-state index contributed by atoms with van der Waals surface area (Å²) in [4.78, 5) is 23.6. The lowest BCUT2D eigenvalue weighted by Gasteiger charge is -2.23. The predicted molar refractivity (Wildman–Crippen MR) is 99.9 cm³/mol. The van der Waals surface area contributed by atoms with Gasteiger partial charge in [0, 0.05) is 0 Å². The van der Waals surface area contributed by atoms with Crippen LogP contribution in [0.5, 0.6) is 5.75 Å². The van der Waals surface area contributed by atoms with Crippen LogP contribution in [0.4, 0.5) is 4.79 Å². The summed E-state index contributed by atoms with van der Waals surface area (Å²) in [5.41, 5.74) is -0.458. The van der Waals surface area contributed by atoms with Crippen LogP contribution in [0, 0.1) is 0 Å². The van der Waals surface area contributed by atoms with Gasteiger partial charge in [-0.15, -0.1) is 0 Å². The van der Waals surface area contributed by atoms with E-state index in [9.17, 15) is 14.7 Å². The van der Waals surface area contributed by atoms with E-state index < -0.39 is 17.7 Å².